The second-order valence-electron chi connectivity index (χ2n) is 5.72. The van der Waals surface area contributed by atoms with Gasteiger partial charge in [0, 0.05) is 25.2 Å². The lowest BCUT2D eigenvalue weighted by Crippen LogP contribution is -2.40. The normalized spacial score (nSPS) is 24.1. The molecule has 1 saturated heterocycles. The molecule has 106 valence electrons. The van der Waals surface area contributed by atoms with Gasteiger partial charge >= 0.3 is 0 Å². The number of benzene rings is 1. The van der Waals surface area contributed by atoms with Gasteiger partial charge in [-0.25, -0.2) is 0 Å². The Morgan fingerprint density at radius 1 is 1.26 bits per heavy atom. The van der Waals surface area contributed by atoms with Crippen LogP contribution in [0.1, 0.15) is 38.3 Å². The summed E-state index contributed by atoms with van der Waals surface area (Å²) >= 11 is 0. The molecule has 1 heterocycles. The Labute approximate surface area is 116 Å². The summed E-state index contributed by atoms with van der Waals surface area (Å²) in [6.07, 6.45) is 2.34. The first kappa shape index (κ1) is 14.4. The summed E-state index contributed by atoms with van der Waals surface area (Å²) in [5.41, 5.74) is 1.32. The van der Waals surface area contributed by atoms with Gasteiger partial charge in [0.2, 0.25) is 0 Å². The van der Waals surface area contributed by atoms with Crippen LogP contribution >= 0.6 is 0 Å². The molecule has 2 unspecified atom stereocenters. The van der Waals surface area contributed by atoms with Crippen LogP contribution in [0.15, 0.2) is 24.3 Å². The Kier molecular flexibility index (Phi) is 4.83. The SMILES string of the molecule is CCC(c1ccc(O)cc1)N1CCCN(C)CC1C. The fourth-order valence-corrected chi connectivity index (χ4v) is 3.21. The van der Waals surface area contributed by atoms with Gasteiger partial charge in [0.1, 0.15) is 5.75 Å². The molecule has 0 bridgehead atoms. The van der Waals surface area contributed by atoms with E-state index in [0.717, 1.165) is 19.5 Å². The fraction of sp³-hybridized carbons (Fsp3) is 0.625. The number of phenolic OH excluding ortho intramolecular Hbond substituents is 1. The molecule has 3 heteroatoms. The molecule has 0 saturated carbocycles. The van der Waals surface area contributed by atoms with Crippen molar-refractivity contribution < 1.29 is 5.11 Å². The maximum Gasteiger partial charge on any atom is 0.115 e. The van der Waals surface area contributed by atoms with Crippen molar-refractivity contribution in [3.8, 4) is 5.75 Å². The van der Waals surface area contributed by atoms with Crippen molar-refractivity contribution >= 4 is 0 Å². The zero-order valence-electron chi connectivity index (χ0n) is 12.3. The van der Waals surface area contributed by atoms with Crippen molar-refractivity contribution in [3.63, 3.8) is 0 Å². The average Bonchev–Trinajstić information content (AvgIpc) is 2.54. The number of rotatable bonds is 3. The maximum absolute atomic E-state index is 9.43. The molecule has 1 N–H and O–H groups in total. The van der Waals surface area contributed by atoms with E-state index in [1.165, 1.54) is 18.5 Å². The predicted molar refractivity (Wildman–Crippen MR) is 79.4 cm³/mol. The van der Waals surface area contributed by atoms with Crippen LogP contribution in [0.3, 0.4) is 0 Å². The quantitative estimate of drug-likeness (QED) is 0.907. The Morgan fingerprint density at radius 3 is 2.58 bits per heavy atom. The molecule has 0 aromatic heterocycles. The van der Waals surface area contributed by atoms with Gasteiger partial charge < -0.3 is 10.0 Å². The summed E-state index contributed by atoms with van der Waals surface area (Å²) in [6, 6.07) is 8.75. The smallest absolute Gasteiger partial charge is 0.115 e. The largest absolute Gasteiger partial charge is 0.508 e. The zero-order valence-corrected chi connectivity index (χ0v) is 12.3. The third kappa shape index (κ3) is 3.48. The van der Waals surface area contributed by atoms with Crippen LogP contribution in [0.4, 0.5) is 0 Å². The van der Waals surface area contributed by atoms with Crippen LogP contribution in [0.2, 0.25) is 0 Å². The minimum atomic E-state index is 0.349. The molecule has 0 spiro atoms. The van der Waals surface area contributed by atoms with E-state index >= 15 is 0 Å². The zero-order chi connectivity index (χ0) is 13.8. The van der Waals surface area contributed by atoms with Crippen molar-refractivity contribution in [1.29, 1.82) is 0 Å². The number of aromatic hydroxyl groups is 1. The van der Waals surface area contributed by atoms with E-state index in [0.29, 0.717) is 17.8 Å². The van der Waals surface area contributed by atoms with Gasteiger partial charge in [-0.1, -0.05) is 19.1 Å². The number of hydrogen-bond donors (Lipinski definition) is 1. The highest BCUT2D eigenvalue weighted by Gasteiger charge is 2.26. The fourth-order valence-electron chi connectivity index (χ4n) is 3.21. The first-order chi connectivity index (χ1) is 9.11. The molecular weight excluding hydrogens is 236 g/mol. The van der Waals surface area contributed by atoms with Gasteiger partial charge in [0.25, 0.3) is 0 Å². The molecule has 19 heavy (non-hydrogen) atoms. The van der Waals surface area contributed by atoms with Gasteiger partial charge in [0.05, 0.1) is 0 Å². The van der Waals surface area contributed by atoms with E-state index in [1.54, 1.807) is 12.1 Å². The third-order valence-corrected chi connectivity index (χ3v) is 4.16. The van der Waals surface area contributed by atoms with Gasteiger partial charge in [-0.3, -0.25) is 4.90 Å². The summed E-state index contributed by atoms with van der Waals surface area (Å²) < 4.78 is 0. The van der Waals surface area contributed by atoms with Crippen LogP contribution in [0, 0.1) is 0 Å². The van der Waals surface area contributed by atoms with E-state index in [2.05, 4.69) is 42.8 Å². The first-order valence-electron chi connectivity index (χ1n) is 7.35. The van der Waals surface area contributed by atoms with Crippen molar-refractivity contribution in [2.75, 3.05) is 26.7 Å². The minimum absolute atomic E-state index is 0.349. The monoisotopic (exact) mass is 262 g/mol. The molecule has 2 atom stereocenters. The highest BCUT2D eigenvalue weighted by molar-refractivity contribution is 5.28. The third-order valence-electron chi connectivity index (χ3n) is 4.16. The van der Waals surface area contributed by atoms with Gasteiger partial charge in [-0.05, 0) is 51.1 Å². The lowest BCUT2D eigenvalue weighted by Gasteiger charge is -2.35. The minimum Gasteiger partial charge on any atom is -0.508 e. The van der Waals surface area contributed by atoms with E-state index in [9.17, 15) is 5.11 Å². The molecule has 0 aliphatic carbocycles. The van der Waals surface area contributed by atoms with Crippen LogP contribution < -0.4 is 0 Å². The highest BCUT2D eigenvalue weighted by Crippen LogP contribution is 2.28. The van der Waals surface area contributed by atoms with Crippen molar-refractivity contribution in [1.82, 2.24) is 9.80 Å². The topological polar surface area (TPSA) is 26.7 Å². The molecule has 1 aliphatic heterocycles. The molecule has 2 rings (SSSR count). The Hall–Kier alpha value is -1.06. The molecule has 1 aromatic rings. The van der Waals surface area contributed by atoms with Crippen molar-refractivity contribution in [2.45, 2.75) is 38.8 Å². The average molecular weight is 262 g/mol. The molecule has 3 nitrogen and oxygen atoms in total. The Bertz CT molecular complexity index is 390. The number of likely N-dealkylation sites (N-methyl/N-ethyl adjacent to an activating group) is 1. The lowest BCUT2D eigenvalue weighted by molar-refractivity contribution is 0.138. The van der Waals surface area contributed by atoms with Gasteiger partial charge in [-0.15, -0.1) is 0 Å². The highest BCUT2D eigenvalue weighted by atomic mass is 16.3. The Morgan fingerprint density at radius 2 is 1.95 bits per heavy atom. The molecular formula is C16H26N2O. The van der Waals surface area contributed by atoms with Crippen LogP contribution in [-0.4, -0.2) is 47.6 Å². The summed E-state index contributed by atoms with van der Waals surface area (Å²) in [5.74, 6) is 0.349. The van der Waals surface area contributed by atoms with Gasteiger partial charge in [-0.2, -0.15) is 0 Å². The number of phenols is 1. The standard InChI is InChI=1S/C16H26N2O/c1-4-16(14-6-8-15(19)9-7-14)18-11-5-10-17(3)12-13(18)2/h6-9,13,16,19H,4-5,10-12H2,1-3H3. The summed E-state index contributed by atoms with van der Waals surface area (Å²) in [4.78, 5) is 5.05. The predicted octanol–water partition coefficient (Wildman–Crippen LogP) is 2.87. The Balaban J connectivity index is 2.18. The van der Waals surface area contributed by atoms with E-state index in [4.69, 9.17) is 0 Å². The second-order valence-corrected chi connectivity index (χ2v) is 5.72. The summed E-state index contributed by atoms with van der Waals surface area (Å²) in [7, 11) is 2.21. The molecule has 1 fully saturated rings. The number of nitrogens with zero attached hydrogens (tertiary/aromatic N) is 2. The molecule has 1 aromatic carbocycles. The maximum atomic E-state index is 9.43. The van der Waals surface area contributed by atoms with Crippen LogP contribution in [-0.2, 0) is 0 Å². The molecule has 0 radical (unpaired) electrons. The summed E-state index contributed by atoms with van der Waals surface area (Å²) in [5, 5.41) is 9.43. The van der Waals surface area contributed by atoms with E-state index in [-0.39, 0.29) is 0 Å². The second kappa shape index (κ2) is 6.40. The molecule has 0 amide bonds. The van der Waals surface area contributed by atoms with Crippen LogP contribution in [0.5, 0.6) is 5.75 Å². The lowest BCUT2D eigenvalue weighted by atomic mass is 10.0. The first-order valence-corrected chi connectivity index (χ1v) is 7.35. The summed E-state index contributed by atoms with van der Waals surface area (Å²) in [6.45, 7) is 8.05. The van der Waals surface area contributed by atoms with Crippen molar-refractivity contribution in [2.24, 2.45) is 0 Å². The van der Waals surface area contributed by atoms with Gasteiger partial charge in [0.15, 0.2) is 0 Å². The van der Waals surface area contributed by atoms with E-state index < -0.39 is 0 Å². The molecule has 1 aliphatic rings. The van der Waals surface area contributed by atoms with Crippen molar-refractivity contribution in [3.05, 3.63) is 29.8 Å². The van der Waals surface area contributed by atoms with Crippen LogP contribution in [0.25, 0.3) is 0 Å². The van der Waals surface area contributed by atoms with E-state index in [1.807, 2.05) is 0 Å². The number of hydrogen-bond acceptors (Lipinski definition) is 3.